The van der Waals surface area contributed by atoms with Crippen LogP contribution in [-0.2, 0) is 34.1 Å². The number of hydrogen-bond donors (Lipinski definition) is 3. The molecule has 0 aromatic heterocycles. The van der Waals surface area contributed by atoms with Gasteiger partial charge in [0.2, 0.25) is 10.0 Å². The van der Waals surface area contributed by atoms with E-state index >= 15 is 0 Å². The summed E-state index contributed by atoms with van der Waals surface area (Å²) in [6.45, 7) is 3.26. The summed E-state index contributed by atoms with van der Waals surface area (Å²) in [7, 11) is -2.36. The van der Waals surface area contributed by atoms with E-state index in [1.165, 1.54) is 41.2 Å². The van der Waals surface area contributed by atoms with E-state index in [0.29, 0.717) is 25.9 Å². The number of aliphatic hydroxyl groups excluding tert-OH is 1. The van der Waals surface area contributed by atoms with Crippen molar-refractivity contribution < 1.29 is 31.8 Å². The summed E-state index contributed by atoms with van der Waals surface area (Å²) >= 11 is 0. The highest BCUT2D eigenvalue weighted by molar-refractivity contribution is 7.89. The van der Waals surface area contributed by atoms with E-state index in [1.807, 2.05) is 18.2 Å². The molecule has 3 unspecified atom stereocenters. The number of ether oxygens (including phenoxy) is 1. The Labute approximate surface area is 252 Å². The molecule has 1 heterocycles. The van der Waals surface area contributed by atoms with Gasteiger partial charge in [0.25, 0.3) is 5.91 Å². The first-order valence-electron chi connectivity index (χ1n) is 14.4. The van der Waals surface area contributed by atoms with Gasteiger partial charge in [-0.2, -0.15) is 4.31 Å². The molecule has 0 spiro atoms. The third kappa shape index (κ3) is 8.67. The van der Waals surface area contributed by atoms with Gasteiger partial charge in [-0.1, -0.05) is 37.3 Å². The van der Waals surface area contributed by atoms with Gasteiger partial charge in [-0.05, 0) is 72.7 Å². The van der Waals surface area contributed by atoms with E-state index < -0.39 is 39.7 Å². The number of halogens is 2. The Morgan fingerprint density at radius 2 is 1.77 bits per heavy atom. The third-order valence-corrected chi connectivity index (χ3v) is 9.57. The molecule has 1 amide bonds. The highest BCUT2D eigenvalue weighted by atomic mass is 32.2. The van der Waals surface area contributed by atoms with Crippen molar-refractivity contribution in [1.82, 2.24) is 14.9 Å². The van der Waals surface area contributed by atoms with E-state index in [9.17, 15) is 27.1 Å². The predicted molar refractivity (Wildman–Crippen MR) is 160 cm³/mol. The Morgan fingerprint density at radius 3 is 2.49 bits per heavy atom. The smallest absolute Gasteiger partial charge is 0.251 e. The SMILES string of the molecule is CCc1cccc(CNCC(O)C(Cc2cc(F)cc(F)c2)NC(=O)c2cccc(S(=O)(=O)N3CCCC3COC)c2)c1. The van der Waals surface area contributed by atoms with Gasteiger partial charge in [-0.15, -0.1) is 0 Å². The van der Waals surface area contributed by atoms with Gasteiger partial charge in [0.15, 0.2) is 0 Å². The van der Waals surface area contributed by atoms with E-state index in [1.54, 1.807) is 0 Å². The monoisotopic (exact) mass is 615 g/mol. The quantitative estimate of drug-likeness (QED) is 0.255. The summed E-state index contributed by atoms with van der Waals surface area (Å²) in [5.74, 6) is -2.16. The van der Waals surface area contributed by atoms with Crippen LogP contribution in [0.25, 0.3) is 0 Å². The third-order valence-electron chi connectivity index (χ3n) is 7.63. The number of methoxy groups -OCH3 is 1. The topological polar surface area (TPSA) is 108 Å². The van der Waals surface area contributed by atoms with Crippen LogP contribution >= 0.6 is 0 Å². The van der Waals surface area contributed by atoms with Crippen molar-refractivity contribution in [1.29, 1.82) is 0 Å². The normalized spacial score (nSPS) is 17.1. The van der Waals surface area contributed by atoms with Crippen molar-refractivity contribution in [2.24, 2.45) is 0 Å². The number of nitrogens with zero attached hydrogens (tertiary/aromatic N) is 1. The summed E-state index contributed by atoms with van der Waals surface area (Å²) in [6, 6.07) is 15.6. The Hall–Kier alpha value is -3.22. The minimum absolute atomic E-state index is 0.0246. The minimum Gasteiger partial charge on any atom is -0.390 e. The highest BCUT2D eigenvalue weighted by Gasteiger charge is 2.35. The maximum Gasteiger partial charge on any atom is 0.251 e. The van der Waals surface area contributed by atoms with Gasteiger partial charge in [-0.3, -0.25) is 4.79 Å². The van der Waals surface area contributed by atoms with Crippen LogP contribution in [0.3, 0.4) is 0 Å². The zero-order chi connectivity index (χ0) is 31.0. The molecule has 3 aromatic rings. The second kappa shape index (κ2) is 15.0. The minimum atomic E-state index is -3.88. The van der Waals surface area contributed by atoms with Crippen molar-refractivity contribution in [3.05, 3.63) is 101 Å². The number of nitrogens with one attached hydrogen (secondary N) is 2. The summed E-state index contributed by atoms with van der Waals surface area (Å²) in [5.41, 5.74) is 2.55. The number of hydrogen-bond acceptors (Lipinski definition) is 6. The van der Waals surface area contributed by atoms with Gasteiger partial charge in [0.05, 0.1) is 23.6 Å². The Balaban J connectivity index is 1.51. The molecule has 1 fully saturated rings. The molecular formula is C32H39F2N3O5S. The Bertz CT molecular complexity index is 1480. The molecule has 232 valence electrons. The number of sulfonamides is 1. The molecule has 8 nitrogen and oxygen atoms in total. The van der Waals surface area contributed by atoms with Crippen LogP contribution in [0.15, 0.2) is 71.6 Å². The van der Waals surface area contributed by atoms with Crippen molar-refractivity contribution in [2.75, 3.05) is 26.8 Å². The molecule has 0 bridgehead atoms. The first-order chi connectivity index (χ1) is 20.6. The molecule has 0 radical (unpaired) electrons. The fourth-order valence-electron chi connectivity index (χ4n) is 5.40. The molecule has 3 atom stereocenters. The Morgan fingerprint density at radius 1 is 1.05 bits per heavy atom. The van der Waals surface area contributed by atoms with Crippen molar-refractivity contribution in [2.45, 2.75) is 62.2 Å². The van der Waals surface area contributed by atoms with E-state index in [4.69, 9.17) is 4.74 Å². The van der Waals surface area contributed by atoms with Crippen molar-refractivity contribution >= 4 is 15.9 Å². The van der Waals surface area contributed by atoms with Crippen LogP contribution < -0.4 is 10.6 Å². The predicted octanol–water partition coefficient (Wildman–Crippen LogP) is 3.82. The zero-order valence-electron chi connectivity index (χ0n) is 24.4. The number of carbonyl (C=O) groups is 1. The van der Waals surface area contributed by atoms with Crippen LogP contribution in [-0.4, -0.2) is 68.7 Å². The van der Waals surface area contributed by atoms with Gasteiger partial charge in [0, 0.05) is 44.4 Å². The molecule has 43 heavy (non-hydrogen) atoms. The number of rotatable bonds is 14. The lowest BCUT2D eigenvalue weighted by Crippen LogP contribution is -2.48. The van der Waals surface area contributed by atoms with Crippen LogP contribution in [0.5, 0.6) is 0 Å². The highest BCUT2D eigenvalue weighted by Crippen LogP contribution is 2.27. The number of carbonyl (C=O) groups excluding carboxylic acids is 1. The van der Waals surface area contributed by atoms with Gasteiger partial charge in [0.1, 0.15) is 11.6 Å². The average molecular weight is 616 g/mol. The largest absolute Gasteiger partial charge is 0.390 e. The van der Waals surface area contributed by atoms with Crippen molar-refractivity contribution in [3.8, 4) is 0 Å². The maximum absolute atomic E-state index is 13.9. The number of amides is 1. The molecular weight excluding hydrogens is 576 g/mol. The summed E-state index contributed by atoms with van der Waals surface area (Å²) < 4.78 is 61.3. The van der Waals surface area contributed by atoms with Crippen LogP contribution in [0.2, 0.25) is 0 Å². The number of benzene rings is 3. The van der Waals surface area contributed by atoms with E-state index in [0.717, 1.165) is 30.2 Å². The molecule has 3 N–H and O–H groups in total. The first-order valence-corrected chi connectivity index (χ1v) is 15.9. The molecule has 4 rings (SSSR count). The summed E-state index contributed by atoms with van der Waals surface area (Å²) in [5, 5.41) is 17.1. The van der Waals surface area contributed by atoms with Gasteiger partial charge in [-0.25, -0.2) is 17.2 Å². The first kappa shape index (κ1) is 32.7. The lowest BCUT2D eigenvalue weighted by Gasteiger charge is -2.26. The zero-order valence-corrected chi connectivity index (χ0v) is 25.2. The Kier molecular flexibility index (Phi) is 11.4. The summed E-state index contributed by atoms with van der Waals surface area (Å²) in [4.78, 5) is 13.4. The second-order valence-corrected chi connectivity index (χ2v) is 12.7. The standard InChI is InChI=1S/C32H39F2N3O5S/c1-3-22-7-4-8-23(13-22)19-35-20-31(38)30(16-24-14-26(33)18-27(34)15-24)36-32(39)25-9-5-11-29(17-25)43(40,41)37-12-6-10-28(37)21-42-2/h4-5,7-9,11,13-15,17-18,28,30-31,35,38H,3,6,10,12,16,19-21H2,1-2H3,(H,36,39). The number of aryl methyl sites for hydroxylation is 1. The van der Waals surface area contributed by atoms with Gasteiger partial charge >= 0.3 is 0 Å². The van der Waals surface area contributed by atoms with Crippen LogP contribution in [0, 0.1) is 11.6 Å². The molecule has 11 heteroatoms. The van der Waals surface area contributed by atoms with Crippen molar-refractivity contribution in [3.63, 3.8) is 0 Å². The fraction of sp³-hybridized carbons (Fsp3) is 0.406. The average Bonchev–Trinajstić information content (AvgIpc) is 3.46. The second-order valence-electron chi connectivity index (χ2n) is 10.8. The lowest BCUT2D eigenvalue weighted by atomic mass is 10.00. The molecule has 1 aliphatic rings. The molecule has 1 saturated heterocycles. The maximum atomic E-state index is 13.9. The molecule has 0 saturated carbocycles. The van der Waals surface area contributed by atoms with Crippen LogP contribution in [0.4, 0.5) is 8.78 Å². The number of aliphatic hydroxyl groups is 1. The van der Waals surface area contributed by atoms with E-state index in [-0.39, 0.29) is 41.6 Å². The van der Waals surface area contributed by atoms with Gasteiger partial charge < -0.3 is 20.5 Å². The van der Waals surface area contributed by atoms with E-state index in [2.05, 4.69) is 23.6 Å². The molecule has 3 aromatic carbocycles. The van der Waals surface area contributed by atoms with Crippen LogP contribution in [0.1, 0.15) is 46.8 Å². The molecule has 1 aliphatic heterocycles. The fourth-order valence-corrected chi connectivity index (χ4v) is 7.13. The summed E-state index contributed by atoms with van der Waals surface area (Å²) in [6.07, 6.45) is 1.11. The lowest BCUT2D eigenvalue weighted by molar-refractivity contribution is 0.0829. The molecule has 0 aliphatic carbocycles.